The molecule has 0 aliphatic carbocycles. The molecule has 6 heteroatoms. The van der Waals surface area contributed by atoms with E-state index in [1.54, 1.807) is 7.11 Å². The molecule has 0 atom stereocenters. The molecular formula is C16H22N4O2. The molecule has 2 aromatic rings. The maximum Gasteiger partial charge on any atom is 0.324 e. The summed E-state index contributed by atoms with van der Waals surface area (Å²) in [5.74, 6) is 1.30. The monoisotopic (exact) mass is 302 g/mol. The fraction of sp³-hybridized carbons (Fsp3) is 0.375. The molecule has 1 heterocycles. The van der Waals surface area contributed by atoms with Gasteiger partial charge in [-0.15, -0.1) is 0 Å². The number of benzene rings is 1. The molecule has 3 N–H and O–H groups in total. The van der Waals surface area contributed by atoms with Gasteiger partial charge in [0, 0.05) is 22.5 Å². The first-order valence-corrected chi connectivity index (χ1v) is 7.23. The molecule has 0 saturated carbocycles. The highest BCUT2D eigenvalue weighted by molar-refractivity contribution is 6.00. The predicted octanol–water partition coefficient (Wildman–Crippen LogP) is 3.55. The lowest BCUT2D eigenvalue weighted by atomic mass is 10.1. The van der Waals surface area contributed by atoms with E-state index in [0.29, 0.717) is 5.82 Å². The van der Waals surface area contributed by atoms with Crippen molar-refractivity contribution in [3.63, 3.8) is 0 Å². The van der Waals surface area contributed by atoms with Crippen molar-refractivity contribution in [3.8, 4) is 5.75 Å². The summed E-state index contributed by atoms with van der Waals surface area (Å²) in [6, 6.07) is 3.52. The van der Waals surface area contributed by atoms with Gasteiger partial charge in [0.1, 0.15) is 5.75 Å². The topological polar surface area (TPSA) is 79.0 Å². The molecule has 1 aromatic carbocycles. The minimum atomic E-state index is -0.326. The molecule has 0 fully saturated rings. The molecule has 0 spiro atoms. The summed E-state index contributed by atoms with van der Waals surface area (Å²) >= 11 is 0. The Kier molecular flexibility index (Phi) is 4.70. The van der Waals surface area contributed by atoms with E-state index >= 15 is 0 Å². The highest BCUT2D eigenvalue weighted by atomic mass is 16.5. The van der Waals surface area contributed by atoms with Crippen LogP contribution in [0.4, 0.5) is 16.3 Å². The van der Waals surface area contributed by atoms with Crippen LogP contribution in [0.25, 0.3) is 0 Å². The van der Waals surface area contributed by atoms with Gasteiger partial charge in [-0.1, -0.05) is 6.92 Å². The van der Waals surface area contributed by atoms with E-state index in [1.807, 2.05) is 39.8 Å². The molecule has 118 valence electrons. The Morgan fingerprint density at radius 1 is 1.23 bits per heavy atom. The summed E-state index contributed by atoms with van der Waals surface area (Å²) in [6.07, 6.45) is 0.844. The minimum Gasteiger partial charge on any atom is -0.496 e. The zero-order chi connectivity index (χ0) is 16.3. The number of aromatic amines is 1. The summed E-state index contributed by atoms with van der Waals surface area (Å²) in [4.78, 5) is 12.2. The summed E-state index contributed by atoms with van der Waals surface area (Å²) < 4.78 is 5.31. The number of rotatable bonds is 4. The molecule has 0 aliphatic heterocycles. The van der Waals surface area contributed by atoms with Gasteiger partial charge in [-0.25, -0.2) is 4.79 Å². The Balaban J connectivity index is 2.15. The van der Waals surface area contributed by atoms with Crippen LogP contribution in [0.2, 0.25) is 0 Å². The summed E-state index contributed by atoms with van der Waals surface area (Å²) in [5.41, 5.74) is 4.59. The third-order valence-electron chi connectivity index (χ3n) is 3.67. The maximum absolute atomic E-state index is 12.2. The van der Waals surface area contributed by atoms with Gasteiger partial charge in [0.2, 0.25) is 0 Å². The number of anilines is 2. The van der Waals surface area contributed by atoms with Gasteiger partial charge < -0.3 is 10.1 Å². The molecular weight excluding hydrogens is 280 g/mol. The van der Waals surface area contributed by atoms with E-state index in [0.717, 1.165) is 40.2 Å². The molecule has 0 unspecified atom stereocenters. The van der Waals surface area contributed by atoms with Crippen LogP contribution in [0.1, 0.15) is 29.3 Å². The van der Waals surface area contributed by atoms with Crippen molar-refractivity contribution in [1.29, 1.82) is 0 Å². The number of methoxy groups -OCH3 is 1. The van der Waals surface area contributed by atoms with Gasteiger partial charge in [0.25, 0.3) is 0 Å². The number of aryl methyl sites for hydroxylation is 2. The van der Waals surface area contributed by atoms with Crippen LogP contribution in [-0.4, -0.2) is 23.3 Å². The van der Waals surface area contributed by atoms with E-state index in [1.165, 1.54) is 0 Å². The van der Waals surface area contributed by atoms with Gasteiger partial charge in [0.15, 0.2) is 5.82 Å². The second-order valence-corrected chi connectivity index (χ2v) is 5.25. The summed E-state index contributed by atoms with van der Waals surface area (Å²) in [5, 5.41) is 12.6. The second-order valence-electron chi connectivity index (χ2n) is 5.25. The van der Waals surface area contributed by atoms with Crippen LogP contribution >= 0.6 is 0 Å². The van der Waals surface area contributed by atoms with Crippen molar-refractivity contribution in [1.82, 2.24) is 10.2 Å². The van der Waals surface area contributed by atoms with Crippen molar-refractivity contribution < 1.29 is 9.53 Å². The Hall–Kier alpha value is -2.50. The summed E-state index contributed by atoms with van der Waals surface area (Å²) in [7, 11) is 1.62. The fourth-order valence-corrected chi connectivity index (χ4v) is 2.33. The first kappa shape index (κ1) is 15.9. The minimum absolute atomic E-state index is 0.326. The van der Waals surface area contributed by atoms with E-state index in [9.17, 15) is 4.79 Å². The lowest BCUT2D eigenvalue weighted by molar-refractivity contribution is 0.262. The first-order chi connectivity index (χ1) is 10.5. The van der Waals surface area contributed by atoms with Gasteiger partial charge in [-0.2, -0.15) is 5.10 Å². The zero-order valence-corrected chi connectivity index (χ0v) is 13.6. The van der Waals surface area contributed by atoms with Crippen LogP contribution in [0.15, 0.2) is 12.1 Å². The van der Waals surface area contributed by atoms with Crippen LogP contribution in [0.5, 0.6) is 5.75 Å². The average Bonchev–Trinajstić information content (AvgIpc) is 2.83. The number of ether oxygens (including phenoxy) is 1. The van der Waals surface area contributed by atoms with Gasteiger partial charge in [-0.05, 0) is 44.9 Å². The molecule has 2 rings (SSSR count). The molecule has 0 saturated heterocycles. The predicted molar refractivity (Wildman–Crippen MR) is 87.8 cm³/mol. The summed E-state index contributed by atoms with van der Waals surface area (Å²) in [6.45, 7) is 7.82. The molecule has 6 nitrogen and oxygen atoms in total. The van der Waals surface area contributed by atoms with Crippen LogP contribution < -0.4 is 15.4 Å². The fourth-order valence-electron chi connectivity index (χ4n) is 2.33. The van der Waals surface area contributed by atoms with Crippen molar-refractivity contribution >= 4 is 17.5 Å². The molecule has 2 amide bonds. The number of H-pyrrole nitrogens is 1. The van der Waals surface area contributed by atoms with Crippen LogP contribution in [0, 0.1) is 20.8 Å². The lowest BCUT2D eigenvalue weighted by Crippen LogP contribution is -2.21. The number of hydrogen-bond donors (Lipinski definition) is 3. The number of urea groups is 1. The molecule has 22 heavy (non-hydrogen) atoms. The highest BCUT2D eigenvalue weighted by Crippen LogP contribution is 2.27. The number of carbonyl (C=O) groups is 1. The van der Waals surface area contributed by atoms with E-state index in [4.69, 9.17) is 4.74 Å². The third kappa shape index (κ3) is 3.21. The Bertz CT molecular complexity index is 692. The standard InChI is InChI=1S/C16H22N4O2/c1-6-12-11(4)15(20-19-12)18-16(21)17-13-7-9(2)8-14(22-5)10(13)3/h7-8H,6H2,1-5H3,(H3,17,18,19,20,21). The highest BCUT2D eigenvalue weighted by Gasteiger charge is 2.13. The number of carbonyl (C=O) groups excluding carboxylic acids is 1. The van der Waals surface area contributed by atoms with Crippen molar-refractivity contribution in [2.45, 2.75) is 34.1 Å². The Morgan fingerprint density at radius 2 is 1.95 bits per heavy atom. The molecule has 0 bridgehead atoms. The number of nitrogens with one attached hydrogen (secondary N) is 3. The van der Waals surface area contributed by atoms with Gasteiger partial charge >= 0.3 is 6.03 Å². The van der Waals surface area contributed by atoms with Crippen LogP contribution in [-0.2, 0) is 6.42 Å². The number of hydrogen-bond acceptors (Lipinski definition) is 3. The third-order valence-corrected chi connectivity index (χ3v) is 3.67. The van der Waals surface area contributed by atoms with Gasteiger partial charge in [-0.3, -0.25) is 10.4 Å². The van der Waals surface area contributed by atoms with E-state index in [2.05, 4.69) is 20.8 Å². The normalized spacial score (nSPS) is 10.4. The number of nitrogens with zero attached hydrogens (tertiary/aromatic N) is 1. The van der Waals surface area contributed by atoms with E-state index < -0.39 is 0 Å². The first-order valence-electron chi connectivity index (χ1n) is 7.23. The number of aromatic nitrogens is 2. The Labute approximate surface area is 130 Å². The van der Waals surface area contributed by atoms with Gasteiger partial charge in [0.05, 0.1) is 7.11 Å². The largest absolute Gasteiger partial charge is 0.496 e. The average molecular weight is 302 g/mol. The second kappa shape index (κ2) is 6.51. The Morgan fingerprint density at radius 3 is 2.55 bits per heavy atom. The zero-order valence-electron chi connectivity index (χ0n) is 13.6. The molecule has 0 aliphatic rings. The lowest BCUT2D eigenvalue weighted by Gasteiger charge is -2.13. The van der Waals surface area contributed by atoms with Crippen molar-refractivity contribution in [2.24, 2.45) is 0 Å². The quantitative estimate of drug-likeness (QED) is 0.808. The van der Waals surface area contributed by atoms with E-state index in [-0.39, 0.29) is 6.03 Å². The SMILES string of the molecule is CCc1[nH]nc(NC(=O)Nc2cc(C)cc(OC)c2C)c1C. The maximum atomic E-state index is 12.2. The molecule has 1 aromatic heterocycles. The van der Waals surface area contributed by atoms with Crippen molar-refractivity contribution in [2.75, 3.05) is 17.7 Å². The van der Waals surface area contributed by atoms with Crippen molar-refractivity contribution in [3.05, 3.63) is 34.5 Å². The number of amides is 2. The van der Waals surface area contributed by atoms with Crippen LogP contribution in [0.3, 0.4) is 0 Å². The molecule has 0 radical (unpaired) electrons. The smallest absolute Gasteiger partial charge is 0.324 e.